The fourth-order valence-electron chi connectivity index (χ4n) is 3.33. The molecule has 2 aliphatic rings. The van der Waals surface area contributed by atoms with Gasteiger partial charge in [0, 0.05) is 19.1 Å². The second-order valence-corrected chi connectivity index (χ2v) is 5.90. The third-order valence-corrected chi connectivity index (χ3v) is 4.54. The van der Waals surface area contributed by atoms with E-state index in [1.165, 1.54) is 5.56 Å². The number of nitrogens with zero attached hydrogens (tertiary/aromatic N) is 2. The Labute approximate surface area is 131 Å². The SMILES string of the molecule is COc1cccc(C2CCCN2CC(=O)N2CCOCC2)c1. The molecule has 1 aromatic carbocycles. The van der Waals surface area contributed by atoms with E-state index in [0.717, 1.165) is 38.2 Å². The van der Waals surface area contributed by atoms with Crippen molar-refractivity contribution in [2.75, 3.05) is 46.5 Å². The van der Waals surface area contributed by atoms with Crippen molar-refractivity contribution in [3.8, 4) is 5.75 Å². The van der Waals surface area contributed by atoms with E-state index >= 15 is 0 Å². The highest BCUT2D eigenvalue weighted by Crippen LogP contribution is 2.33. The molecule has 2 heterocycles. The first-order chi connectivity index (χ1) is 10.8. The molecule has 0 N–H and O–H groups in total. The van der Waals surface area contributed by atoms with Crippen molar-refractivity contribution in [2.45, 2.75) is 18.9 Å². The Kier molecular flexibility index (Phi) is 4.95. The molecule has 0 saturated carbocycles. The van der Waals surface area contributed by atoms with E-state index in [-0.39, 0.29) is 5.91 Å². The first kappa shape index (κ1) is 15.3. The van der Waals surface area contributed by atoms with Crippen LogP contribution in [0.15, 0.2) is 24.3 Å². The summed E-state index contributed by atoms with van der Waals surface area (Å²) in [5.74, 6) is 1.10. The minimum Gasteiger partial charge on any atom is -0.497 e. The van der Waals surface area contributed by atoms with Gasteiger partial charge in [0.15, 0.2) is 0 Å². The molecular formula is C17H24N2O3. The van der Waals surface area contributed by atoms with E-state index in [4.69, 9.17) is 9.47 Å². The summed E-state index contributed by atoms with van der Waals surface area (Å²) >= 11 is 0. The Morgan fingerprint density at radius 1 is 1.32 bits per heavy atom. The highest BCUT2D eigenvalue weighted by Gasteiger charge is 2.29. The molecule has 0 aromatic heterocycles. The van der Waals surface area contributed by atoms with Crippen LogP contribution in [0.5, 0.6) is 5.75 Å². The predicted molar refractivity (Wildman–Crippen MR) is 83.9 cm³/mol. The topological polar surface area (TPSA) is 42.0 Å². The van der Waals surface area contributed by atoms with Gasteiger partial charge in [0.2, 0.25) is 5.91 Å². The zero-order valence-corrected chi connectivity index (χ0v) is 13.2. The molecule has 3 rings (SSSR count). The zero-order valence-electron chi connectivity index (χ0n) is 13.2. The van der Waals surface area contributed by atoms with Crippen molar-refractivity contribution in [2.24, 2.45) is 0 Å². The maximum Gasteiger partial charge on any atom is 0.236 e. The highest BCUT2D eigenvalue weighted by molar-refractivity contribution is 5.78. The molecule has 0 spiro atoms. The number of benzene rings is 1. The summed E-state index contributed by atoms with van der Waals surface area (Å²) in [7, 11) is 1.69. The average Bonchev–Trinajstić information content (AvgIpc) is 3.04. The number of ether oxygens (including phenoxy) is 2. The number of hydrogen-bond donors (Lipinski definition) is 0. The van der Waals surface area contributed by atoms with Gasteiger partial charge >= 0.3 is 0 Å². The van der Waals surface area contributed by atoms with Gasteiger partial charge in [-0.05, 0) is 37.1 Å². The third-order valence-electron chi connectivity index (χ3n) is 4.54. The van der Waals surface area contributed by atoms with Crippen LogP contribution in [0.4, 0.5) is 0 Å². The van der Waals surface area contributed by atoms with Gasteiger partial charge in [-0.3, -0.25) is 9.69 Å². The monoisotopic (exact) mass is 304 g/mol. The number of carbonyl (C=O) groups is 1. The number of rotatable bonds is 4. The van der Waals surface area contributed by atoms with E-state index in [9.17, 15) is 4.79 Å². The number of amides is 1. The molecule has 1 unspecified atom stereocenters. The maximum atomic E-state index is 12.5. The van der Waals surface area contributed by atoms with E-state index in [2.05, 4.69) is 17.0 Å². The molecule has 0 radical (unpaired) electrons. The van der Waals surface area contributed by atoms with Crippen molar-refractivity contribution in [1.82, 2.24) is 9.80 Å². The van der Waals surface area contributed by atoms with Gasteiger partial charge in [0.25, 0.3) is 0 Å². The van der Waals surface area contributed by atoms with E-state index < -0.39 is 0 Å². The minimum absolute atomic E-state index is 0.220. The van der Waals surface area contributed by atoms with E-state index in [0.29, 0.717) is 25.8 Å². The minimum atomic E-state index is 0.220. The average molecular weight is 304 g/mol. The third kappa shape index (κ3) is 3.42. The fourth-order valence-corrected chi connectivity index (χ4v) is 3.33. The van der Waals surface area contributed by atoms with Crippen molar-refractivity contribution in [3.05, 3.63) is 29.8 Å². The Morgan fingerprint density at radius 2 is 2.14 bits per heavy atom. The first-order valence-corrected chi connectivity index (χ1v) is 8.01. The van der Waals surface area contributed by atoms with Crippen LogP contribution >= 0.6 is 0 Å². The molecule has 120 valence electrons. The maximum absolute atomic E-state index is 12.5. The molecule has 0 aliphatic carbocycles. The normalized spacial score (nSPS) is 22.8. The molecule has 0 bridgehead atoms. The summed E-state index contributed by atoms with van der Waals surface area (Å²) in [5.41, 5.74) is 1.24. The lowest BCUT2D eigenvalue weighted by Crippen LogP contribution is -2.45. The quantitative estimate of drug-likeness (QED) is 0.849. The number of carbonyl (C=O) groups excluding carboxylic acids is 1. The zero-order chi connectivity index (χ0) is 15.4. The van der Waals surface area contributed by atoms with Crippen LogP contribution < -0.4 is 4.74 Å². The molecule has 2 saturated heterocycles. The second-order valence-electron chi connectivity index (χ2n) is 5.90. The number of morpholine rings is 1. The summed E-state index contributed by atoms with van der Waals surface area (Å²) < 4.78 is 10.6. The van der Waals surface area contributed by atoms with Crippen LogP contribution in [-0.2, 0) is 9.53 Å². The van der Waals surface area contributed by atoms with Crippen LogP contribution in [0.2, 0.25) is 0 Å². The van der Waals surface area contributed by atoms with Crippen LogP contribution in [0.25, 0.3) is 0 Å². The summed E-state index contributed by atoms with van der Waals surface area (Å²) in [6.07, 6.45) is 2.24. The van der Waals surface area contributed by atoms with E-state index in [1.807, 2.05) is 17.0 Å². The molecule has 2 aliphatic heterocycles. The summed E-state index contributed by atoms with van der Waals surface area (Å²) in [6, 6.07) is 8.52. The van der Waals surface area contributed by atoms with Gasteiger partial charge < -0.3 is 14.4 Å². The molecule has 1 aromatic rings. The molecule has 1 amide bonds. The second kappa shape index (κ2) is 7.11. The van der Waals surface area contributed by atoms with Crippen LogP contribution in [0.1, 0.15) is 24.4 Å². The summed E-state index contributed by atoms with van der Waals surface area (Å²) in [6.45, 7) is 4.24. The molecule has 5 heteroatoms. The summed E-state index contributed by atoms with van der Waals surface area (Å²) in [4.78, 5) is 16.7. The Morgan fingerprint density at radius 3 is 2.91 bits per heavy atom. The van der Waals surface area contributed by atoms with Gasteiger partial charge in [-0.15, -0.1) is 0 Å². The largest absolute Gasteiger partial charge is 0.497 e. The van der Waals surface area contributed by atoms with Crippen LogP contribution in [-0.4, -0.2) is 62.2 Å². The molecule has 2 fully saturated rings. The Bertz CT molecular complexity index is 514. The highest BCUT2D eigenvalue weighted by atomic mass is 16.5. The van der Waals surface area contributed by atoms with E-state index in [1.54, 1.807) is 7.11 Å². The summed E-state index contributed by atoms with van der Waals surface area (Å²) in [5, 5.41) is 0. The van der Waals surface area contributed by atoms with Crippen LogP contribution in [0, 0.1) is 0 Å². The van der Waals surface area contributed by atoms with Crippen molar-refractivity contribution in [1.29, 1.82) is 0 Å². The standard InChI is InChI=1S/C17H24N2O3/c1-21-15-5-2-4-14(12-15)16-6-3-7-19(16)13-17(20)18-8-10-22-11-9-18/h2,4-5,12,16H,3,6-11,13H2,1H3. The first-order valence-electron chi connectivity index (χ1n) is 8.01. The lowest BCUT2D eigenvalue weighted by Gasteiger charge is -2.31. The number of methoxy groups -OCH3 is 1. The van der Waals surface area contributed by atoms with Crippen LogP contribution in [0.3, 0.4) is 0 Å². The van der Waals surface area contributed by atoms with Crippen molar-refractivity contribution >= 4 is 5.91 Å². The molecule has 22 heavy (non-hydrogen) atoms. The predicted octanol–water partition coefficient (Wildman–Crippen LogP) is 1.69. The number of hydrogen-bond acceptors (Lipinski definition) is 4. The lowest BCUT2D eigenvalue weighted by atomic mass is 10.0. The molecule has 5 nitrogen and oxygen atoms in total. The van der Waals surface area contributed by atoms with Crippen molar-refractivity contribution < 1.29 is 14.3 Å². The molecular weight excluding hydrogens is 280 g/mol. The Balaban J connectivity index is 1.66. The van der Waals surface area contributed by atoms with Crippen molar-refractivity contribution in [3.63, 3.8) is 0 Å². The lowest BCUT2D eigenvalue weighted by molar-refractivity contribution is -0.136. The van der Waals surface area contributed by atoms with Gasteiger partial charge in [-0.25, -0.2) is 0 Å². The van der Waals surface area contributed by atoms with Gasteiger partial charge in [-0.2, -0.15) is 0 Å². The van der Waals surface area contributed by atoms with Gasteiger partial charge in [-0.1, -0.05) is 12.1 Å². The smallest absolute Gasteiger partial charge is 0.236 e. The number of likely N-dealkylation sites (tertiary alicyclic amines) is 1. The van der Waals surface area contributed by atoms with Gasteiger partial charge in [0.1, 0.15) is 5.75 Å². The van der Waals surface area contributed by atoms with Gasteiger partial charge in [0.05, 0.1) is 26.9 Å². The molecule has 1 atom stereocenters. The fraction of sp³-hybridized carbons (Fsp3) is 0.588. The Hall–Kier alpha value is -1.59.